The van der Waals surface area contributed by atoms with Gasteiger partial charge in [0.05, 0.1) is 6.04 Å². The summed E-state index contributed by atoms with van der Waals surface area (Å²) in [6.07, 6.45) is 4.57. The molecule has 0 aliphatic heterocycles. The van der Waals surface area contributed by atoms with Crippen LogP contribution in [-0.4, -0.2) is 26.1 Å². The van der Waals surface area contributed by atoms with Crippen LogP contribution < -0.4 is 5.32 Å². The van der Waals surface area contributed by atoms with Gasteiger partial charge in [0.1, 0.15) is 10.8 Å². The van der Waals surface area contributed by atoms with E-state index in [9.17, 15) is 4.79 Å². The summed E-state index contributed by atoms with van der Waals surface area (Å²) in [4.78, 5) is 21.8. The molecule has 0 saturated heterocycles. The van der Waals surface area contributed by atoms with Crippen molar-refractivity contribution in [3.8, 4) is 0 Å². The number of aryl methyl sites for hydroxylation is 2. The van der Waals surface area contributed by atoms with Crippen LogP contribution in [-0.2, 0) is 12.8 Å². The zero-order valence-corrected chi connectivity index (χ0v) is 12.8. The summed E-state index contributed by atoms with van der Waals surface area (Å²) in [5, 5.41) is 10.5. The lowest BCUT2D eigenvalue weighted by Crippen LogP contribution is -2.27. The third kappa shape index (κ3) is 3.41. The van der Waals surface area contributed by atoms with E-state index in [0.717, 1.165) is 30.1 Å². The number of nitrogens with zero attached hydrogens (tertiary/aromatic N) is 3. The molecule has 7 heteroatoms. The quantitative estimate of drug-likeness (QED) is 0.855. The third-order valence-corrected chi connectivity index (χ3v) is 4.18. The summed E-state index contributed by atoms with van der Waals surface area (Å²) in [5.74, 6) is 0.657. The average Bonchev–Trinajstić information content (AvgIpc) is 3.07. The Balaban J connectivity index is 1.99. The largest absolute Gasteiger partial charge is 0.340 e. The second-order valence-electron chi connectivity index (χ2n) is 4.57. The fraction of sp³-hybridized carbons (Fsp3) is 0.538. The van der Waals surface area contributed by atoms with Gasteiger partial charge in [-0.25, -0.2) is 9.97 Å². The van der Waals surface area contributed by atoms with Crippen LogP contribution in [0.15, 0.2) is 6.20 Å². The first-order valence-corrected chi connectivity index (χ1v) is 7.62. The zero-order valence-electron chi connectivity index (χ0n) is 11.9. The van der Waals surface area contributed by atoms with E-state index in [0.29, 0.717) is 0 Å². The highest BCUT2D eigenvalue weighted by atomic mass is 32.1. The van der Waals surface area contributed by atoms with Gasteiger partial charge in [0, 0.05) is 17.5 Å². The molecule has 0 spiro atoms. The number of nitrogens with one attached hydrogen (secondary N) is 2. The van der Waals surface area contributed by atoms with E-state index < -0.39 is 0 Å². The number of aromatic nitrogens is 4. The first-order valence-electron chi connectivity index (χ1n) is 6.80. The molecule has 0 radical (unpaired) electrons. The molecule has 1 amide bonds. The van der Waals surface area contributed by atoms with Gasteiger partial charge in [0.15, 0.2) is 0 Å². The van der Waals surface area contributed by atoms with Crippen LogP contribution in [0.1, 0.15) is 59.6 Å². The minimum Gasteiger partial charge on any atom is -0.340 e. The Morgan fingerprint density at radius 1 is 1.50 bits per heavy atom. The maximum atomic E-state index is 12.0. The summed E-state index contributed by atoms with van der Waals surface area (Å²) in [6.45, 7) is 6.05. The fourth-order valence-corrected chi connectivity index (χ4v) is 2.61. The molecule has 108 valence electrons. The topological polar surface area (TPSA) is 83.6 Å². The Kier molecular flexibility index (Phi) is 4.84. The molecule has 0 aliphatic rings. The highest BCUT2D eigenvalue weighted by molar-refractivity contribution is 7.11. The Morgan fingerprint density at radius 2 is 2.30 bits per heavy atom. The summed E-state index contributed by atoms with van der Waals surface area (Å²) >= 11 is 1.62. The smallest absolute Gasteiger partial charge is 0.291 e. The molecule has 6 nitrogen and oxygen atoms in total. The standard InChI is InChI=1S/C13H19N5OS/c1-4-6-10-16-11(18-17-10)12(19)15-8(3)13-14-7-9(5-2)20-13/h7-8H,4-6H2,1-3H3,(H,15,19)(H,16,17,18). The maximum Gasteiger partial charge on any atom is 0.291 e. The van der Waals surface area contributed by atoms with Crippen molar-refractivity contribution < 1.29 is 4.79 Å². The van der Waals surface area contributed by atoms with Gasteiger partial charge >= 0.3 is 0 Å². The Labute approximate surface area is 122 Å². The lowest BCUT2D eigenvalue weighted by molar-refractivity contribution is 0.0929. The number of rotatable bonds is 6. The zero-order chi connectivity index (χ0) is 14.5. The van der Waals surface area contributed by atoms with Gasteiger partial charge in [0.25, 0.3) is 5.91 Å². The SMILES string of the molecule is CCCc1nc(C(=O)NC(C)c2ncc(CC)s2)n[nH]1. The Bertz CT molecular complexity index is 577. The van der Waals surface area contributed by atoms with Crippen molar-refractivity contribution >= 4 is 17.2 Å². The molecule has 0 saturated carbocycles. The minimum absolute atomic E-state index is 0.138. The molecular weight excluding hydrogens is 274 g/mol. The van der Waals surface area contributed by atoms with Crippen molar-refractivity contribution in [2.45, 2.75) is 46.1 Å². The molecule has 0 aromatic carbocycles. The molecule has 2 rings (SSSR count). The van der Waals surface area contributed by atoms with Gasteiger partial charge in [-0.05, 0) is 19.8 Å². The molecular formula is C13H19N5OS. The molecule has 0 fully saturated rings. The molecule has 0 aliphatic carbocycles. The number of carbonyl (C=O) groups excluding carboxylic acids is 1. The second kappa shape index (κ2) is 6.60. The summed E-state index contributed by atoms with van der Waals surface area (Å²) in [5.41, 5.74) is 0. The van der Waals surface area contributed by atoms with E-state index in [1.54, 1.807) is 11.3 Å². The number of aromatic amines is 1. The lowest BCUT2D eigenvalue weighted by Gasteiger charge is -2.08. The van der Waals surface area contributed by atoms with Crippen molar-refractivity contribution in [1.82, 2.24) is 25.5 Å². The minimum atomic E-state index is -0.274. The van der Waals surface area contributed by atoms with Gasteiger partial charge in [-0.1, -0.05) is 13.8 Å². The molecule has 2 aromatic rings. The van der Waals surface area contributed by atoms with E-state index in [2.05, 4.69) is 39.3 Å². The molecule has 2 aromatic heterocycles. The monoisotopic (exact) mass is 293 g/mol. The van der Waals surface area contributed by atoms with E-state index in [1.807, 2.05) is 13.1 Å². The molecule has 1 unspecified atom stereocenters. The molecule has 0 bridgehead atoms. The van der Waals surface area contributed by atoms with E-state index in [4.69, 9.17) is 0 Å². The number of hydrogen-bond acceptors (Lipinski definition) is 5. The number of amides is 1. The van der Waals surface area contributed by atoms with Crippen LogP contribution in [0.25, 0.3) is 0 Å². The second-order valence-corrected chi connectivity index (χ2v) is 5.72. The van der Waals surface area contributed by atoms with Crippen LogP contribution in [0, 0.1) is 0 Å². The van der Waals surface area contributed by atoms with Crippen molar-refractivity contribution in [3.05, 3.63) is 27.7 Å². The van der Waals surface area contributed by atoms with Gasteiger partial charge in [-0.3, -0.25) is 9.89 Å². The Hall–Kier alpha value is -1.76. The van der Waals surface area contributed by atoms with Crippen LogP contribution >= 0.6 is 11.3 Å². The molecule has 2 N–H and O–H groups in total. The predicted molar refractivity (Wildman–Crippen MR) is 77.8 cm³/mol. The van der Waals surface area contributed by atoms with Crippen LogP contribution in [0.3, 0.4) is 0 Å². The molecule has 20 heavy (non-hydrogen) atoms. The molecule has 2 heterocycles. The highest BCUT2D eigenvalue weighted by Gasteiger charge is 2.17. The van der Waals surface area contributed by atoms with Crippen molar-refractivity contribution in [1.29, 1.82) is 0 Å². The van der Waals surface area contributed by atoms with Gasteiger partial charge in [0.2, 0.25) is 5.82 Å². The van der Waals surface area contributed by atoms with Gasteiger partial charge < -0.3 is 5.32 Å². The van der Waals surface area contributed by atoms with Crippen molar-refractivity contribution in [2.75, 3.05) is 0 Å². The van der Waals surface area contributed by atoms with Crippen LogP contribution in [0.4, 0.5) is 0 Å². The summed E-state index contributed by atoms with van der Waals surface area (Å²) in [7, 11) is 0. The maximum absolute atomic E-state index is 12.0. The molecule has 1 atom stereocenters. The number of H-pyrrole nitrogens is 1. The third-order valence-electron chi connectivity index (χ3n) is 2.86. The first kappa shape index (κ1) is 14.6. The number of thiazole rings is 1. The first-order chi connectivity index (χ1) is 9.63. The fourth-order valence-electron chi connectivity index (χ4n) is 1.75. The van der Waals surface area contributed by atoms with Crippen molar-refractivity contribution in [2.24, 2.45) is 0 Å². The van der Waals surface area contributed by atoms with Gasteiger partial charge in [-0.15, -0.1) is 16.4 Å². The predicted octanol–water partition coefficient (Wildman–Crippen LogP) is 2.27. The van der Waals surface area contributed by atoms with Gasteiger partial charge in [-0.2, -0.15) is 0 Å². The lowest BCUT2D eigenvalue weighted by atomic mass is 10.3. The van der Waals surface area contributed by atoms with E-state index in [1.165, 1.54) is 4.88 Å². The summed E-state index contributed by atoms with van der Waals surface area (Å²) < 4.78 is 0. The van der Waals surface area contributed by atoms with Crippen LogP contribution in [0.2, 0.25) is 0 Å². The van der Waals surface area contributed by atoms with E-state index in [-0.39, 0.29) is 17.8 Å². The normalized spacial score (nSPS) is 12.3. The summed E-state index contributed by atoms with van der Waals surface area (Å²) in [6, 6.07) is -0.138. The van der Waals surface area contributed by atoms with Crippen LogP contribution in [0.5, 0.6) is 0 Å². The Morgan fingerprint density at radius 3 is 2.95 bits per heavy atom. The van der Waals surface area contributed by atoms with Crippen molar-refractivity contribution in [3.63, 3.8) is 0 Å². The average molecular weight is 293 g/mol. The van der Waals surface area contributed by atoms with E-state index >= 15 is 0 Å². The number of carbonyl (C=O) groups is 1. The highest BCUT2D eigenvalue weighted by Crippen LogP contribution is 2.20. The number of hydrogen-bond donors (Lipinski definition) is 2.